The predicted octanol–water partition coefficient (Wildman–Crippen LogP) is 1.37. The van der Waals surface area contributed by atoms with Gasteiger partial charge in [-0.2, -0.15) is 5.10 Å². The molecule has 0 bridgehead atoms. The molecule has 1 saturated heterocycles. The normalized spacial score (nSPS) is 20.6. The van der Waals surface area contributed by atoms with Gasteiger partial charge in [-0.25, -0.2) is 0 Å². The van der Waals surface area contributed by atoms with Gasteiger partial charge in [0.15, 0.2) is 0 Å². The molecule has 2 atom stereocenters. The lowest BCUT2D eigenvalue weighted by Crippen LogP contribution is -2.38. The van der Waals surface area contributed by atoms with Gasteiger partial charge < -0.3 is 4.74 Å². The van der Waals surface area contributed by atoms with E-state index in [0.717, 1.165) is 38.2 Å². The van der Waals surface area contributed by atoms with Crippen molar-refractivity contribution in [2.24, 2.45) is 18.8 Å². The number of hydrazine groups is 1. The first-order valence-corrected chi connectivity index (χ1v) is 7.22. The van der Waals surface area contributed by atoms with Gasteiger partial charge in [0.05, 0.1) is 11.2 Å². The Kier molecular flexibility index (Phi) is 4.00. The Morgan fingerprint density at radius 1 is 1.50 bits per heavy atom. The first-order chi connectivity index (χ1) is 9.78. The summed E-state index contributed by atoms with van der Waals surface area (Å²) >= 11 is 0. The molecule has 20 heavy (non-hydrogen) atoms. The van der Waals surface area contributed by atoms with Gasteiger partial charge in [-0.1, -0.05) is 18.2 Å². The summed E-state index contributed by atoms with van der Waals surface area (Å²) in [5, 5.41) is 5.86. The monoisotopic (exact) mass is 274 g/mol. The van der Waals surface area contributed by atoms with Gasteiger partial charge in [0.2, 0.25) is 0 Å². The molecular formula is C15H22N4O. The van der Waals surface area contributed by atoms with Crippen LogP contribution >= 0.6 is 0 Å². The second-order valence-corrected chi connectivity index (χ2v) is 5.62. The molecule has 1 fully saturated rings. The van der Waals surface area contributed by atoms with Crippen LogP contribution in [0, 0.1) is 5.92 Å². The molecule has 1 aliphatic rings. The maximum Gasteiger partial charge on any atom is 0.0719 e. The number of nitrogens with zero attached hydrogens (tertiary/aromatic N) is 2. The summed E-state index contributed by atoms with van der Waals surface area (Å²) < 4.78 is 7.38. The smallest absolute Gasteiger partial charge is 0.0719 e. The van der Waals surface area contributed by atoms with Crippen LogP contribution in [0.3, 0.4) is 0 Å². The third-order valence-electron chi connectivity index (χ3n) is 4.15. The van der Waals surface area contributed by atoms with Crippen LogP contribution in [-0.2, 0) is 18.2 Å². The second-order valence-electron chi connectivity index (χ2n) is 5.62. The van der Waals surface area contributed by atoms with E-state index in [1.54, 1.807) is 0 Å². The maximum absolute atomic E-state index is 5.72. The molecular weight excluding hydrogens is 252 g/mol. The number of benzene rings is 1. The van der Waals surface area contributed by atoms with Crippen LogP contribution in [0.15, 0.2) is 24.3 Å². The summed E-state index contributed by atoms with van der Waals surface area (Å²) in [6.45, 7) is 1.75. The van der Waals surface area contributed by atoms with E-state index in [2.05, 4.69) is 28.7 Å². The molecule has 0 amide bonds. The minimum Gasteiger partial charge on any atom is -0.381 e. The van der Waals surface area contributed by atoms with Crippen LogP contribution in [0.2, 0.25) is 0 Å². The fraction of sp³-hybridized carbons (Fsp3) is 0.533. The van der Waals surface area contributed by atoms with Gasteiger partial charge in [0.25, 0.3) is 0 Å². The Morgan fingerprint density at radius 2 is 2.35 bits per heavy atom. The van der Waals surface area contributed by atoms with Crippen molar-refractivity contribution in [1.29, 1.82) is 0 Å². The molecule has 3 N–H and O–H groups in total. The van der Waals surface area contributed by atoms with Gasteiger partial charge in [-0.15, -0.1) is 0 Å². The van der Waals surface area contributed by atoms with Crippen molar-refractivity contribution < 1.29 is 4.74 Å². The van der Waals surface area contributed by atoms with E-state index in [0.29, 0.717) is 5.92 Å². The summed E-state index contributed by atoms with van der Waals surface area (Å²) in [6, 6.07) is 8.58. The number of hydrogen-bond donors (Lipinski definition) is 2. The zero-order valence-corrected chi connectivity index (χ0v) is 11.9. The molecule has 2 heterocycles. The number of rotatable bonds is 5. The minimum atomic E-state index is 0.250. The van der Waals surface area contributed by atoms with Crippen LogP contribution in [0.5, 0.6) is 0 Å². The summed E-state index contributed by atoms with van der Waals surface area (Å²) in [5.74, 6) is 6.34. The van der Waals surface area contributed by atoms with Crippen molar-refractivity contribution in [2.45, 2.75) is 25.3 Å². The molecule has 0 aliphatic carbocycles. The standard InChI is InChI=1S/C15H22N4O/c1-19-15-5-3-2-4-13(15)14(18-19)9-12(17-16)8-11-6-7-20-10-11/h2-5,11-12,17H,6-10,16H2,1H3. The first-order valence-electron chi connectivity index (χ1n) is 7.22. The maximum atomic E-state index is 5.72. The van der Waals surface area contributed by atoms with Crippen molar-refractivity contribution in [1.82, 2.24) is 15.2 Å². The van der Waals surface area contributed by atoms with Gasteiger partial charge in [0.1, 0.15) is 0 Å². The molecule has 5 nitrogen and oxygen atoms in total. The highest BCUT2D eigenvalue weighted by Crippen LogP contribution is 2.22. The molecule has 5 heteroatoms. The zero-order chi connectivity index (χ0) is 13.9. The third-order valence-corrected chi connectivity index (χ3v) is 4.15. The largest absolute Gasteiger partial charge is 0.381 e. The number of nitrogens with one attached hydrogen (secondary N) is 1. The van der Waals surface area contributed by atoms with E-state index in [-0.39, 0.29) is 6.04 Å². The van der Waals surface area contributed by atoms with E-state index in [4.69, 9.17) is 10.6 Å². The van der Waals surface area contributed by atoms with Crippen molar-refractivity contribution >= 4 is 10.9 Å². The number of ether oxygens (including phenoxy) is 1. The molecule has 2 aromatic rings. The van der Waals surface area contributed by atoms with Crippen LogP contribution in [0.25, 0.3) is 10.9 Å². The van der Waals surface area contributed by atoms with Gasteiger partial charge in [0, 0.05) is 38.1 Å². The molecule has 1 aromatic heterocycles. The fourth-order valence-electron chi connectivity index (χ4n) is 3.05. The molecule has 2 unspecified atom stereocenters. The lowest BCUT2D eigenvalue weighted by Gasteiger charge is -2.18. The van der Waals surface area contributed by atoms with E-state index < -0.39 is 0 Å². The number of aryl methyl sites for hydroxylation is 1. The summed E-state index contributed by atoms with van der Waals surface area (Å²) in [4.78, 5) is 0. The van der Waals surface area contributed by atoms with Crippen LogP contribution in [0.4, 0.5) is 0 Å². The van der Waals surface area contributed by atoms with E-state index in [9.17, 15) is 0 Å². The van der Waals surface area contributed by atoms with Gasteiger partial charge in [-0.05, 0) is 24.8 Å². The molecule has 1 aromatic carbocycles. The molecule has 0 saturated carbocycles. The lowest BCUT2D eigenvalue weighted by atomic mass is 9.96. The van der Waals surface area contributed by atoms with Gasteiger partial charge >= 0.3 is 0 Å². The zero-order valence-electron chi connectivity index (χ0n) is 11.9. The quantitative estimate of drug-likeness (QED) is 0.638. The summed E-state index contributed by atoms with van der Waals surface area (Å²) in [6.07, 6.45) is 3.04. The van der Waals surface area contributed by atoms with Crippen molar-refractivity contribution in [3.63, 3.8) is 0 Å². The second kappa shape index (κ2) is 5.91. The Morgan fingerprint density at radius 3 is 3.10 bits per heavy atom. The third kappa shape index (κ3) is 2.70. The molecule has 3 rings (SSSR count). The summed E-state index contributed by atoms with van der Waals surface area (Å²) in [7, 11) is 1.99. The minimum absolute atomic E-state index is 0.250. The van der Waals surface area contributed by atoms with Crippen LogP contribution < -0.4 is 11.3 Å². The molecule has 108 valence electrons. The average molecular weight is 274 g/mol. The fourth-order valence-corrected chi connectivity index (χ4v) is 3.05. The lowest BCUT2D eigenvalue weighted by molar-refractivity contribution is 0.181. The Bertz CT molecular complexity index is 574. The van der Waals surface area contributed by atoms with Crippen LogP contribution in [0.1, 0.15) is 18.5 Å². The van der Waals surface area contributed by atoms with Crippen molar-refractivity contribution in [3.05, 3.63) is 30.0 Å². The Labute approximate surface area is 119 Å². The number of hydrogen-bond acceptors (Lipinski definition) is 4. The number of para-hydroxylation sites is 1. The van der Waals surface area contributed by atoms with E-state index in [1.807, 2.05) is 17.8 Å². The topological polar surface area (TPSA) is 65.1 Å². The highest BCUT2D eigenvalue weighted by molar-refractivity contribution is 5.81. The number of aromatic nitrogens is 2. The SMILES string of the molecule is Cn1nc(CC(CC2CCOC2)NN)c2ccccc21. The van der Waals surface area contributed by atoms with Crippen molar-refractivity contribution in [2.75, 3.05) is 13.2 Å². The van der Waals surface area contributed by atoms with Crippen LogP contribution in [-0.4, -0.2) is 29.0 Å². The molecule has 1 aliphatic heterocycles. The number of fused-ring (bicyclic) bond motifs is 1. The average Bonchev–Trinajstić information content (AvgIpc) is 3.08. The highest BCUT2D eigenvalue weighted by Gasteiger charge is 2.21. The molecule has 0 radical (unpaired) electrons. The van der Waals surface area contributed by atoms with Gasteiger partial charge in [-0.3, -0.25) is 16.0 Å². The Hall–Kier alpha value is -1.43. The van der Waals surface area contributed by atoms with E-state index in [1.165, 1.54) is 10.9 Å². The van der Waals surface area contributed by atoms with E-state index >= 15 is 0 Å². The van der Waals surface area contributed by atoms with Crippen molar-refractivity contribution in [3.8, 4) is 0 Å². The first kappa shape index (κ1) is 13.5. The highest BCUT2D eigenvalue weighted by atomic mass is 16.5. The molecule has 0 spiro atoms. The Balaban J connectivity index is 1.76. The number of nitrogens with two attached hydrogens (primary N) is 1. The predicted molar refractivity (Wildman–Crippen MR) is 79.1 cm³/mol. The summed E-state index contributed by atoms with van der Waals surface area (Å²) in [5.41, 5.74) is 5.23.